The highest BCUT2D eigenvalue weighted by atomic mass is 16.6. The average Bonchev–Trinajstić information content (AvgIpc) is 2.92. The van der Waals surface area contributed by atoms with Gasteiger partial charge in [-0.2, -0.15) is 0 Å². The lowest BCUT2D eigenvalue weighted by molar-refractivity contribution is -0.384. The van der Waals surface area contributed by atoms with Crippen LogP contribution in [0.1, 0.15) is 16.1 Å². The molecular weight excluding hydrogens is 262 g/mol. The fourth-order valence-electron chi connectivity index (χ4n) is 1.70. The number of nitrogens with two attached hydrogens (primary N) is 1. The number of hydrogen-bond donors (Lipinski definition) is 2. The van der Waals surface area contributed by atoms with Crippen molar-refractivity contribution < 1.29 is 14.1 Å². The van der Waals surface area contributed by atoms with Gasteiger partial charge >= 0.3 is 0 Å². The molecule has 2 aromatic rings. The van der Waals surface area contributed by atoms with Crippen LogP contribution in [0.2, 0.25) is 0 Å². The minimum absolute atomic E-state index is 0.0960. The van der Waals surface area contributed by atoms with Gasteiger partial charge in [0.1, 0.15) is 5.76 Å². The van der Waals surface area contributed by atoms with Crippen molar-refractivity contribution in [1.82, 2.24) is 5.32 Å². The first kappa shape index (κ1) is 13.6. The molecule has 0 aliphatic rings. The van der Waals surface area contributed by atoms with Crippen molar-refractivity contribution in [2.24, 2.45) is 0 Å². The van der Waals surface area contributed by atoms with Gasteiger partial charge in [0, 0.05) is 30.8 Å². The Balaban J connectivity index is 2.01. The maximum Gasteiger partial charge on any atom is 0.270 e. The molecule has 0 saturated heterocycles. The molecule has 7 nitrogen and oxygen atoms in total. The van der Waals surface area contributed by atoms with E-state index in [1.165, 1.54) is 12.1 Å². The molecule has 0 fully saturated rings. The van der Waals surface area contributed by atoms with Crippen molar-refractivity contribution in [3.8, 4) is 0 Å². The molecule has 1 amide bonds. The van der Waals surface area contributed by atoms with E-state index in [9.17, 15) is 14.9 Å². The summed E-state index contributed by atoms with van der Waals surface area (Å²) in [6.07, 6.45) is 2.09. The van der Waals surface area contributed by atoms with Crippen LogP contribution in [0.5, 0.6) is 0 Å². The molecule has 1 aromatic heterocycles. The molecule has 3 N–H and O–H groups in total. The topological polar surface area (TPSA) is 111 Å². The Labute approximate surface area is 114 Å². The van der Waals surface area contributed by atoms with Crippen molar-refractivity contribution in [2.75, 3.05) is 12.3 Å². The van der Waals surface area contributed by atoms with Crippen LogP contribution in [-0.2, 0) is 6.42 Å². The van der Waals surface area contributed by atoms with Gasteiger partial charge in [-0.05, 0) is 18.2 Å². The van der Waals surface area contributed by atoms with Gasteiger partial charge in [0.2, 0.25) is 0 Å². The molecule has 2 rings (SSSR count). The first-order valence-electron chi connectivity index (χ1n) is 5.92. The van der Waals surface area contributed by atoms with Crippen LogP contribution >= 0.6 is 0 Å². The van der Waals surface area contributed by atoms with E-state index in [1.54, 1.807) is 18.4 Å². The van der Waals surface area contributed by atoms with E-state index >= 15 is 0 Å². The zero-order chi connectivity index (χ0) is 14.5. The lowest BCUT2D eigenvalue weighted by Gasteiger charge is -2.06. The van der Waals surface area contributed by atoms with E-state index in [0.717, 1.165) is 11.8 Å². The molecule has 1 aromatic carbocycles. The third-order valence-corrected chi connectivity index (χ3v) is 2.73. The van der Waals surface area contributed by atoms with Crippen molar-refractivity contribution in [3.63, 3.8) is 0 Å². The number of nitrogens with zero attached hydrogens (tertiary/aromatic N) is 1. The number of amides is 1. The zero-order valence-corrected chi connectivity index (χ0v) is 10.5. The quantitative estimate of drug-likeness (QED) is 0.490. The molecule has 0 bridgehead atoms. The molecule has 7 heteroatoms. The minimum Gasteiger partial charge on any atom is -0.469 e. The number of hydrogen-bond acceptors (Lipinski definition) is 5. The number of carbonyl (C=O) groups excluding carboxylic acids is 1. The Bertz CT molecular complexity index is 623. The molecule has 0 radical (unpaired) electrons. The largest absolute Gasteiger partial charge is 0.469 e. The van der Waals surface area contributed by atoms with E-state index in [2.05, 4.69) is 5.32 Å². The second-order valence-electron chi connectivity index (χ2n) is 4.11. The number of nitrogen functional groups attached to an aromatic ring is 1. The molecule has 0 aliphatic carbocycles. The van der Waals surface area contributed by atoms with Crippen LogP contribution in [0.25, 0.3) is 0 Å². The number of carbonyl (C=O) groups is 1. The van der Waals surface area contributed by atoms with Gasteiger partial charge in [0.05, 0.1) is 16.7 Å². The summed E-state index contributed by atoms with van der Waals surface area (Å²) in [5.74, 6) is 0.301. The fraction of sp³-hybridized carbons (Fsp3) is 0.154. The van der Waals surface area contributed by atoms with Gasteiger partial charge < -0.3 is 15.5 Å². The van der Waals surface area contributed by atoms with Gasteiger partial charge in [0.25, 0.3) is 11.6 Å². The summed E-state index contributed by atoms with van der Waals surface area (Å²) in [5, 5.41) is 13.3. The van der Waals surface area contributed by atoms with Gasteiger partial charge in [-0.15, -0.1) is 0 Å². The van der Waals surface area contributed by atoms with Crippen LogP contribution in [0.15, 0.2) is 41.0 Å². The van der Waals surface area contributed by atoms with Gasteiger partial charge in [-0.3, -0.25) is 14.9 Å². The second kappa shape index (κ2) is 5.87. The van der Waals surface area contributed by atoms with Crippen molar-refractivity contribution in [1.29, 1.82) is 0 Å². The van der Waals surface area contributed by atoms with E-state index in [4.69, 9.17) is 10.2 Å². The lowest BCUT2D eigenvalue weighted by Crippen LogP contribution is -2.26. The van der Waals surface area contributed by atoms with Crippen molar-refractivity contribution in [3.05, 3.63) is 58.0 Å². The first-order chi connectivity index (χ1) is 9.58. The van der Waals surface area contributed by atoms with E-state index < -0.39 is 10.8 Å². The summed E-state index contributed by atoms with van der Waals surface area (Å²) in [5.41, 5.74) is 5.78. The number of nitro benzene ring substituents is 1. The summed E-state index contributed by atoms with van der Waals surface area (Å²) < 4.78 is 5.13. The first-order valence-corrected chi connectivity index (χ1v) is 5.92. The SMILES string of the molecule is Nc1ccc([N+](=O)[O-])cc1C(=O)NCCc1ccco1. The molecule has 0 atom stereocenters. The monoisotopic (exact) mass is 275 g/mol. The Morgan fingerprint density at radius 1 is 1.40 bits per heavy atom. The fourth-order valence-corrected chi connectivity index (χ4v) is 1.70. The maximum absolute atomic E-state index is 11.9. The highest BCUT2D eigenvalue weighted by molar-refractivity contribution is 5.99. The van der Waals surface area contributed by atoms with Crippen molar-refractivity contribution >= 4 is 17.3 Å². The van der Waals surface area contributed by atoms with Crippen LogP contribution < -0.4 is 11.1 Å². The van der Waals surface area contributed by atoms with Gasteiger partial charge in [-0.25, -0.2) is 0 Å². The smallest absolute Gasteiger partial charge is 0.270 e. The summed E-state index contributed by atoms with van der Waals surface area (Å²) in [4.78, 5) is 22.0. The van der Waals surface area contributed by atoms with Crippen molar-refractivity contribution in [2.45, 2.75) is 6.42 Å². The Morgan fingerprint density at radius 3 is 2.85 bits per heavy atom. The molecule has 0 saturated carbocycles. The third kappa shape index (κ3) is 3.14. The molecule has 104 valence electrons. The standard InChI is InChI=1S/C13H13N3O4/c14-12-4-3-9(16(18)19)8-11(12)13(17)15-6-5-10-2-1-7-20-10/h1-4,7-8H,5-6,14H2,(H,15,17). The number of benzene rings is 1. The van der Waals surface area contributed by atoms with Crippen LogP contribution in [0.3, 0.4) is 0 Å². The molecule has 0 aliphatic heterocycles. The maximum atomic E-state index is 11.9. The van der Waals surface area contributed by atoms with Crippen LogP contribution in [0.4, 0.5) is 11.4 Å². The van der Waals surface area contributed by atoms with E-state index in [-0.39, 0.29) is 16.9 Å². The second-order valence-corrected chi connectivity index (χ2v) is 4.11. The molecule has 0 spiro atoms. The number of rotatable bonds is 5. The molecule has 1 heterocycles. The highest BCUT2D eigenvalue weighted by Crippen LogP contribution is 2.19. The molecular formula is C13H13N3O4. The highest BCUT2D eigenvalue weighted by Gasteiger charge is 2.14. The number of furan rings is 1. The average molecular weight is 275 g/mol. The Morgan fingerprint density at radius 2 is 2.20 bits per heavy atom. The van der Waals surface area contributed by atoms with Gasteiger partial charge in [-0.1, -0.05) is 0 Å². The van der Waals surface area contributed by atoms with E-state index in [1.807, 2.05) is 0 Å². The van der Waals surface area contributed by atoms with Gasteiger partial charge in [0.15, 0.2) is 0 Å². The van der Waals surface area contributed by atoms with Crippen LogP contribution in [0, 0.1) is 10.1 Å². The summed E-state index contributed by atoms with van der Waals surface area (Å²) >= 11 is 0. The molecule has 0 unspecified atom stereocenters. The predicted molar refractivity (Wildman–Crippen MR) is 72.3 cm³/mol. The Hall–Kier alpha value is -2.83. The Kier molecular flexibility index (Phi) is 3.99. The summed E-state index contributed by atoms with van der Waals surface area (Å²) in [6, 6.07) is 7.33. The number of nitrogens with one attached hydrogen (secondary N) is 1. The summed E-state index contributed by atoms with van der Waals surface area (Å²) in [6.45, 7) is 0.356. The number of nitro groups is 1. The van der Waals surface area contributed by atoms with Crippen LogP contribution in [-0.4, -0.2) is 17.4 Å². The normalized spacial score (nSPS) is 10.2. The number of non-ortho nitro benzene ring substituents is 1. The van der Waals surface area contributed by atoms with E-state index in [0.29, 0.717) is 13.0 Å². The molecule has 20 heavy (non-hydrogen) atoms. The lowest BCUT2D eigenvalue weighted by atomic mass is 10.1. The third-order valence-electron chi connectivity index (χ3n) is 2.73. The number of anilines is 1. The summed E-state index contributed by atoms with van der Waals surface area (Å²) in [7, 11) is 0. The minimum atomic E-state index is -0.570. The zero-order valence-electron chi connectivity index (χ0n) is 10.5. The predicted octanol–water partition coefficient (Wildman–Crippen LogP) is 1.74.